The van der Waals surface area contributed by atoms with Crippen LogP contribution in [-0.4, -0.2) is 41.5 Å². The molecular weight excluding hydrogens is 280 g/mol. The van der Waals surface area contributed by atoms with E-state index in [0.29, 0.717) is 10.7 Å². The van der Waals surface area contributed by atoms with Gasteiger partial charge in [-0.15, -0.1) is 6.42 Å². The number of amides is 1. The van der Waals surface area contributed by atoms with Gasteiger partial charge >= 0.3 is 5.97 Å². The number of rotatable bonds is 6. The summed E-state index contributed by atoms with van der Waals surface area (Å²) < 4.78 is 0. The SMILES string of the molecule is C#CCN(CC(=O)O)CC(=O)Nc1ccc(Cl)cc1C. The summed E-state index contributed by atoms with van der Waals surface area (Å²) in [6.07, 6.45) is 5.14. The largest absolute Gasteiger partial charge is 0.480 e. The van der Waals surface area contributed by atoms with E-state index in [1.807, 2.05) is 6.92 Å². The van der Waals surface area contributed by atoms with Crippen molar-refractivity contribution < 1.29 is 14.7 Å². The van der Waals surface area contributed by atoms with Gasteiger partial charge in [-0.25, -0.2) is 0 Å². The number of aryl methyl sites for hydroxylation is 1. The topological polar surface area (TPSA) is 69.6 Å². The number of carbonyl (C=O) groups excluding carboxylic acids is 1. The van der Waals surface area contributed by atoms with Crippen LogP contribution in [-0.2, 0) is 9.59 Å². The van der Waals surface area contributed by atoms with Gasteiger partial charge in [0.05, 0.1) is 19.6 Å². The zero-order valence-electron chi connectivity index (χ0n) is 11.0. The Balaban J connectivity index is 2.65. The van der Waals surface area contributed by atoms with Crippen LogP contribution >= 0.6 is 11.6 Å². The summed E-state index contributed by atoms with van der Waals surface area (Å²) in [5, 5.41) is 12.0. The Morgan fingerprint density at radius 3 is 2.70 bits per heavy atom. The molecular formula is C14H15ClN2O3. The number of terminal acetylenes is 1. The third kappa shape index (κ3) is 5.31. The van der Waals surface area contributed by atoms with Gasteiger partial charge in [0.25, 0.3) is 0 Å². The Labute approximate surface area is 122 Å². The second-order valence-electron chi connectivity index (χ2n) is 4.25. The summed E-state index contributed by atoms with van der Waals surface area (Å²) in [5.74, 6) is 0.968. The number of nitrogens with zero attached hydrogens (tertiary/aromatic N) is 1. The van der Waals surface area contributed by atoms with Crippen molar-refractivity contribution in [1.29, 1.82) is 0 Å². The summed E-state index contributed by atoms with van der Waals surface area (Å²) in [4.78, 5) is 23.9. The van der Waals surface area contributed by atoms with Gasteiger partial charge in [0.15, 0.2) is 0 Å². The lowest BCUT2D eigenvalue weighted by atomic mass is 10.2. The van der Waals surface area contributed by atoms with E-state index in [1.165, 1.54) is 4.90 Å². The van der Waals surface area contributed by atoms with Gasteiger partial charge in [0, 0.05) is 10.7 Å². The zero-order valence-corrected chi connectivity index (χ0v) is 11.8. The average molecular weight is 295 g/mol. The van der Waals surface area contributed by atoms with E-state index >= 15 is 0 Å². The molecule has 1 aromatic rings. The molecule has 0 fully saturated rings. The lowest BCUT2D eigenvalue weighted by molar-refractivity contribution is -0.138. The second-order valence-corrected chi connectivity index (χ2v) is 4.69. The molecule has 6 heteroatoms. The summed E-state index contributed by atoms with van der Waals surface area (Å²) in [6, 6.07) is 5.09. The van der Waals surface area contributed by atoms with Crippen LogP contribution in [0.5, 0.6) is 0 Å². The van der Waals surface area contributed by atoms with E-state index in [0.717, 1.165) is 5.56 Å². The third-order valence-electron chi connectivity index (χ3n) is 2.50. The number of carboxylic acid groups (broad SMARTS) is 1. The average Bonchev–Trinajstić information content (AvgIpc) is 2.32. The highest BCUT2D eigenvalue weighted by molar-refractivity contribution is 6.30. The van der Waals surface area contributed by atoms with Crippen molar-refractivity contribution in [1.82, 2.24) is 4.90 Å². The van der Waals surface area contributed by atoms with E-state index < -0.39 is 5.97 Å². The Bertz CT molecular complexity index is 552. The summed E-state index contributed by atoms with van der Waals surface area (Å²) in [5.41, 5.74) is 1.46. The molecule has 0 atom stereocenters. The smallest absolute Gasteiger partial charge is 0.317 e. The van der Waals surface area contributed by atoms with E-state index in [1.54, 1.807) is 18.2 Å². The van der Waals surface area contributed by atoms with Gasteiger partial charge in [-0.2, -0.15) is 0 Å². The van der Waals surface area contributed by atoms with Gasteiger partial charge < -0.3 is 10.4 Å². The molecule has 20 heavy (non-hydrogen) atoms. The lowest BCUT2D eigenvalue weighted by Crippen LogP contribution is -2.37. The minimum absolute atomic E-state index is 0.0848. The number of hydrogen-bond donors (Lipinski definition) is 2. The quantitative estimate of drug-likeness (QED) is 0.782. The maximum absolute atomic E-state index is 11.9. The third-order valence-corrected chi connectivity index (χ3v) is 2.74. The first kappa shape index (κ1) is 16.0. The van der Waals surface area contributed by atoms with Crippen LogP contribution in [0.4, 0.5) is 5.69 Å². The molecule has 0 spiro atoms. The van der Waals surface area contributed by atoms with Crippen molar-refractivity contribution in [3.05, 3.63) is 28.8 Å². The first-order valence-corrected chi connectivity index (χ1v) is 6.23. The Morgan fingerprint density at radius 1 is 1.45 bits per heavy atom. The molecule has 0 heterocycles. The van der Waals surface area contributed by atoms with E-state index in [9.17, 15) is 9.59 Å². The van der Waals surface area contributed by atoms with Gasteiger partial charge in [0.1, 0.15) is 0 Å². The van der Waals surface area contributed by atoms with Gasteiger partial charge in [-0.1, -0.05) is 17.5 Å². The van der Waals surface area contributed by atoms with E-state index in [4.69, 9.17) is 23.1 Å². The highest BCUT2D eigenvalue weighted by Crippen LogP contribution is 2.19. The molecule has 2 N–H and O–H groups in total. The van der Waals surface area contributed by atoms with Crippen LogP contribution in [0, 0.1) is 19.3 Å². The molecule has 0 bridgehead atoms. The monoisotopic (exact) mass is 294 g/mol. The molecule has 1 aromatic carbocycles. The molecule has 0 aromatic heterocycles. The van der Waals surface area contributed by atoms with Crippen molar-refractivity contribution in [2.24, 2.45) is 0 Å². The van der Waals surface area contributed by atoms with E-state index in [-0.39, 0.29) is 25.5 Å². The fourth-order valence-corrected chi connectivity index (χ4v) is 1.87. The van der Waals surface area contributed by atoms with Crippen molar-refractivity contribution >= 4 is 29.2 Å². The van der Waals surface area contributed by atoms with Gasteiger partial charge in [0.2, 0.25) is 5.91 Å². The number of hydrogen-bond acceptors (Lipinski definition) is 3. The molecule has 0 radical (unpaired) electrons. The minimum Gasteiger partial charge on any atom is -0.480 e. The van der Waals surface area contributed by atoms with Crippen LogP contribution in [0.1, 0.15) is 5.56 Å². The lowest BCUT2D eigenvalue weighted by Gasteiger charge is -2.17. The normalized spacial score (nSPS) is 10.1. The number of aliphatic carboxylic acids is 1. The fraction of sp³-hybridized carbons (Fsp3) is 0.286. The zero-order chi connectivity index (χ0) is 15.1. The fourth-order valence-electron chi connectivity index (χ4n) is 1.65. The summed E-state index contributed by atoms with van der Waals surface area (Å²) >= 11 is 5.83. The molecule has 5 nitrogen and oxygen atoms in total. The van der Waals surface area contributed by atoms with Crippen LogP contribution < -0.4 is 5.32 Å². The number of benzene rings is 1. The minimum atomic E-state index is -1.03. The number of carbonyl (C=O) groups is 2. The number of carboxylic acids is 1. The molecule has 0 aliphatic rings. The maximum Gasteiger partial charge on any atom is 0.317 e. The summed E-state index contributed by atoms with van der Waals surface area (Å²) in [7, 11) is 0. The molecule has 106 valence electrons. The van der Waals surface area contributed by atoms with Crippen molar-refractivity contribution in [2.45, 2.75) is 6.92 Å². The van der Waals surface area contributed by atoms with Crippen LogP contribution in [0.25, 0.3) is 0 Å². The van der Waals surface area contributed by atoms with Crippen LogP contribution in [0.15, 0.2) is 18.2 Å². The molecule has 0 saturated heterocycles. The van der Waals surface area contributed by atoms with Crippen molar-refractivity contribution in [3.63, 3.8) is 0 Å². The van der Waals surface area contributed by atoms with Crippen molar-refractivity contribution in [3.8, 4) is 12.3 Å². The highest BCUT2D eigenvalue weighted by atomic mass is 35.5. The first-order chi connectivity index (χ1) is 9.42. The number of nitrogens with one attached hydrogen (secondary N) is 1. The van der Waals surface area contributed by atoms with Crippen molar-refractivity contribution in [2.75, 3.05) is 25.0 Å². The van der Waals surface area contributed by atoms with E-state index in [2.05, 4.69) is 11.2 Å². The Kier molecular flexibility index (Phi) is 6.04. The molecule has 1 amide bonds. The molecule has 1 rings (SSSR count). The first-order valence-electron chi connectivity index (χ1n) is 5.86. The Hall–Kier alpha value is -2.03. The Morgan fingerprint density at radius 2 is 2.15 bits per heavy atom. The predicted octanol–water partition coefficient (Wildman–Crippen LogP) is 1.61. The molecule has 0 aliphatic carbocycles. The number of halogens is 1. The standard InChI is InChI=1S/C14H15ClN2O3/c1-3-6-17(9-14(19)20)8-13(18)16-12-5-4-11(15)7-10(12)2/h1,4-5,7H,6,8-9H2,2H3,(H,16,18)(H,19,20). The van der Waals surface area contributed by atoms with Crippen LogP contribution in [0.3, 0.4) is 0 Å². The molecule has 0 saturated carbocycles. The molecule has 0 unspecified atom stereocenters. The van der Waals surface area contributed by atoms with Gasteiger partial charge in [-0.3, -0.25) is 14.5 Å². The maximum atomic E-state index is 11.9. The highest BCUT2D eigenvalue weighted by Gasteiger charge is 2.13. The number of anilines is 1. The summed E-state index contributed by atoms with van der Waals surface area (Å²) in [6.45, 7) is 1.55. The van der Waals surface area contributed by atoms with Crippen LogP contribution in [0.2, 0.25) is 5.02 Å². The predicted molar refractivity (Wildman–Crippen MR) is 77.7 cm³/mol. The molecule has 0 aliphatic heterocycles. The van der Waals surface area contributed by atoms with Gasteiger partial charge in [-0.05, 0) is 30.7 Å². The second kappa shape index (κ2) is 7.53.